The second-order valence-electron chi connectivity index (χ2n) is 4.23. The van der Waals surface area contributed by atoms with Gasteiger partial charge in [0.1, 0.15) is 0 Å². The summed E-state index contributed by atoms with van der Waals surface area (Å²) in [5.41, 5.74) is 1.16. The van der Waals surface area contributed by atoms with Crippen LogP contribution in [0, 0.1) is 0 Å². The summed E-state index contributed by atoms with van der Waals surface area (Å²) in [6, 6.07) is 8.22. The van der Waals surface area contributed by atoms with Crippen LogP contribution in [0.25, 0.3) is 0 Å². The van der Waals surface area contributed by atoms with Crippen molar-refractivity contribution in [2.75, 3.05) is 20.7 Å². The third-order valence-corrected chi connectivity index (χ3v) is 4.16. The van der Waals surface area contributed by atoms with E-state index in [2.05, 4.69) is 24.3 Å². The van der Waals surface area contributed by atoms with Crippen molar-refractivity contribution in [3.8, 4) is 0 Å². The highest BCUT2D eigenvalue weighted by atomic mass is 32.2. The van der Waals surface area contributed by atoms with Gasteiger partial charge in [-0.1, -0.05) is 12.1 Å². The lowest BCUT2D eigenvalue weighted by atomic mass is 10.2. The number of nitrogens with zero attached hydrogens (tertiary/aromatic N) is 1. The molecule has 0 unspecified atom stereocenters. The van der Waals surface area contributed by atoms with Gasteiger partial charge in [0, 0.05) is 25.6 Å². The number of hydrogen-bond donors (Lipinski definition) is 0. The Morgan fingerprint density at radius 2 is 2.12 bits per heavy atom. The number of methoxy groups -OCH3 is 1. The van der Waals surface area contributed by atoms with Crippen molar-refractivity contribution in [2.45, 2.75) is 23.2 Å². The lowest BCUT2D eigenvalue weighted by Crippen LogP contribution is -2.23. The SMILES string of the molecule is COCc1ccc(S[C@@H]2CCN(C)C2=O)cc1. The molecule has 0 spiro atoms. The molecule has 0 aromatic heterocycles. The highest BCUT2D eigenvalue weighted by molar-refractivity contribution is 8.00. The first-order chi connectivity index (χ1) is 8.20. The van der Waals surface area contributed by atoms with Gasteiger partial charge in [0.2, 0.25) is 5.91 Å². The fraction of sp³-hybridized carbons (Fsp3) is 0.462. The summed E-state index contributed by atoms with van der Waals surface area (Å²) >= 11 is 1.66. The quantitative estimate of drug-likeness (QED) is 0.821. The van der Waals surface area contributed by atoms with Crippen LogP contribution in [0.15, 0.2) is 29.2 Å². The van der Waals surface area contributed by atoms with Crippen molar-refractivity contribution in [3.63, 3.8) is 0 Å². The Kier molecular flexibility index (Phi) is 4.07. The van der Waals surface area contributed by atoms with Crippen molar-refractivity contribution in [2.24, 2.45) is 0 Å². The lowest BCUT2D eigenvalue weighted by molar-refractivity contribution is -0.126. The topological polar surface area (TPSA) is 29.5 Å². The van der Waals surface area contributed by atoms with Gasteiger partial charge in [-0.25, -0.2) is 0 Å². The van der Waals surface area contributed by atoms with Crippen molar-refractivity contribution in [1.82, 2.24) is 4.90 Å². The average Bonchev–Trinajstić information content (AvgIpc) is 2.64. The number of rotatable bonds is 4. The smallest absolute Gasteiger partial charge is 0.235 e. The fourth-order valence-corrected chi connectivity index (χ4v) is 3.02. The Balaban J connectivity index is 1.97. The van der Waals surface area contributed by atoms with Crippen molar-refractivity contribution in [3.05, 3.63) is 29.8 Å². The van der Waals surface area contributed by atoms with Gasteiger partial charge in [-0.3, -0.25) is 4.79 Å². The van der Waals surface area contributed by atoms with Crippen LogP contribution in [0.3, 0.4) is 0 Å². The van der Waals surface area contributed by atoms with E-state index >= 15 is 0 Å². The van der Waals surface area contributed by atoms with Gasteiger partial charge in [0.15, 0.2) is 0 Å². The van der Waals surface area contributed by atoms with Crippen molar-refractivity contribution < 1.29 is 9.53 Å². The molecule has 3 nitrogen and oxygen atoms in total. The van der Waals surface area contributed by atoms with E-state index in [-0.39, 0.29) is 11.2 Å². The van der Waals surface area contributed by atoms with Gasteiger partial charge >= 0.3 is 0 Å². The van der Waals surface area contributed by atoms with Crippen molar-refractivity contribution in [1.29, 1.82) is 0 Å². The fourth-order valence-electron chi connectivity index (χ4n) is 1.89. The van der Waals surface area contributed by atoms with Gasteiger partial charge in [-0.15, -0.1) is 11.8 Å². The van der Waals surface area contributed by atoms with Crippen LogP contribution in [-0.2, 0) is 16.1 Å². The zero-order valence-corrected chi connectivity index (χ0v) is 11.0. The van der Waals surface area contributed by atoms with E-state index < -0.39 is 0 Å². The second kappa shape index (κ2) is 5.56. The third-order valence-electron chi connectivity index (χ3n) is 2.89. The number of carbonyl (C=O) groups is 1. The summed E-state index contributed by atoms with van der Waals surface area (Å²) in [6.45, 7) is 1.51. The molecule has 0 radical (unpaired) electrons. The first-order valence-corrected chi connectivity index (χ1v) is 6.58. The molecule has 1 aromatic rings. The first-order valence-electron chi connectivity index (χ1n) is 5.70. The van der Waals surface area contributed by atoms with Gasteiger partial charge in [0.25, 0.3) is 0 Å². The standard InChI is InChI=1S/C13H17NO2S/c1-14-8-7-12(13(14)15)17-11-5-3-10(4-6-11)9-16-2/h3-6,12H,7-9H2,1-2H3/t12-/m1/s1. The van der Waals surface area contributed by atoms with Crippen LogP contribution in [0.2, 0.25) is 0 Å². The predicted molar refractivity (Wildman–Crippen MR) is 69.1 cm³/mol. The van der Waals surface area contributed by atoms with Crippen LogP contribution >= 0.6 is 11.8 Å². The minimum atomic E-state index is 0.0910. The number of ether oxygens (including phenoxy) is 1. The predicted octanol–water partition coefficient (Wildman–Crippen LogP) is 2.16. The maximum absolute atomic E-state index is 11.8. The molecule has 4 heteroatoms. The third kappa shape index (κ3) is 3.01. The number of likely N-dealkylation sites (tertiary alicyclic amines) is 1. The summed E-state index contributed by atoms with van der Waals surface area (Å²) in [4.78, 5) is 14.7. The molecule has 1 fully saturated rings. The Bertz CT molecular complexity index is 391. The maximum atomic E-state index is 11.8. The molecule has 1 aliphatic heterocycles. The van der Waals surface area contributed by atoms with E-state index in [1.54, 1.807) is 23.8 Å². The van der Waals surface area contributed by atoms with E-state index in [9.17, 15) is 4.79 Å². The van der Waals surface area contributed by atoms with Crippen LogP contribution in [0.4, 0.5) is 0 Å². The molecule has 92 valence electrons. The molecule has 1 amide bonds. The van der Waals surface area contributed by atoms with Crippen LogP contribution in [-0.4, -0.2) is 36.8 Å². The summed E-state index contributed by atoms with van der Waals surface area (Å²) in [5, 5.41) is 0.0910. The molecular formula is C13H17NO2S. The zero-order chi connectivity index (χ0) is 12.3. The van der Waals surface area contributed by atoms with E-state index in [0.717, 1.165) is 23.4 Å². The van der Waals surface area contributed by atoms with E-state index in [0.29, 0.717) is 6.61 Å². The molecule has 2 rings (SSSR count). The molecule has 1 aromatic carbocycles. The first kappa shape index (κ1) is 12.5. The summed E-state index contributed by atoms with van der Waals surface area (Å²) in [6.07, 6.45) is 0.944. The van der Waals surface area contributed by atoms with Gasteiger partial charge in [-0.2, -0.15) is 0 Å². The molecule has 1 atom stereocenters. The molecule has 1 heterocycles. The Hall–Kier alpha value is -1.00. The number of hydrogen-bond acceptors (Lipinski definition) is 3. The van der Waals surface area contributed by atoms with Crippen LogP contribution in [0.1, 0.15) is 12.0 Å². The van der Waals surface area contributed by atoms with Crippen LogP contribution < -0.4 is 0 Å². The van der Waals surface area contributed by atoms with Gasteiger partial charge in [-0.05, 0) is 24.1 Å². The molecule has 0 N–H and O–H groups in total. The normalized spacial score (nSPS) is 20.0. The molecule has 1 saturated heterocycles. The Labute approximate surface area is 106 Å². The molecule has 0 aliphatic carbocycles. The summed E-state index contributed by atoms with van der Waals surface area (Å²) in [7, 11) is 3.56. The van der Waals surface area contributed by atoms with E-state index in [1.807, 2.05) is 7.05 Å². The minimum absolute atomic E-state index is 0.0910. The van der Waals surface area contributed by atoms with Crippen LogP contribution in [0.5, 0.6) is 0 Å². The molecule has 0 saturated carbocycles. The van der Waals surface area contributed by atoms with Crippen molar-refractivity contribution >= 4 is 17.7 Å². The van der Waals surface area contributed by atoms with E-state index in [1.165, 1.54) is 0 Å². The molecule has 17 heavy (non-hydrogen) atoms. The molecule has 1 aliphatic rings. The maximum Gasteiger partial charge on any atom is 0.235 e. The number of thioether (sulfide) groups is 1. The highest BCUT2D eigenvalue weighted by Gasteiger charge is 2.29. The molecule has 0 bridgehead atoms. The Morgan fingerprint density at radius 1 is 1.41 bits per heavy atom. The van der Waals surface area contributed by atoms with E-state index in [4.69, 9.17) is 4.74 Å². The highest BCUT2D eigenvalue weighted by Crippen LogP contribution is 2.30. The molecular weight excluding hydrogens is 234 g/mol. The Morgan fingerprint density at radius 3 is 2.65 bits per heavy atom. The average molecular weight is 251 g/mol. The van der Waals surface area contributed by atoms with Gasteiger partial charge in [0.05, 0.1) is 11.9 Å². The largest absolute Gasteiger partial charge is 0.380 e. The summed E-state index contributed by atoms with van der Waals surface area (Å²) < 4.78 is 5.06. The monoisotopic (exact) mass is 251 g/mol. The lowest BCUT2D eigenvalue weighted by Gasteiger charge is -2.10. The number of amides is 1. The second-order valence-corrected chi connectivity index (χ2v) is 5.51. The van der Waals surface area contributed by atoms with Gasteiger partial charge < -0.3 is 9.64 Å². The number of carbonyl (C=O) groups excluding carboxylic acids is 1. The number of benzene rings is 1. The minimum Gasteiger partial charge on any atom is -0.380 e. The zero-order valence-electron chi connectivity index (χ0n) is 10.2. The summed E-state index contributed by atoms with van der Waals surface area (Å²) in [5.74, 6) is 0.246.